The SMILES string of the molecule is O=C(Nc1ccnc(C(F)F)c1F)N1CCc2nn3c(c2C1)C(F)(F)CC[C@](O)(CF)C3. The Morgan fingerprint density at radius 2 is 2.06 bits per heavy atom. The van der Waals surface area contributed by atoms with Gasteiger partial charge in [0.2, 0.25) is 0 Å². The van der Waals surface area contributed by atoms with Crippen LogP contribution in [0.4, 0.5) is 36.8 Å². The quantitative estimate of drug-likeness (QED) is 0.683. The molecule has 0 saturated heterocycles. The number of amides is 2. The largest absolute Gasteiger partial charge is 0.385 e. The molecule has 2 aliphatic rings. The van der Waals surface area contributed by atoms with Crippen LogP contribution in [-0.4, -0.2) is 49.6 Å². The molecule has 2 aliphatic heterocycles. The molecule has 0 aliphatic carbocycles. The zero-order chi connectivity index (χ0) is 23.3. The Morgan fingerprint density at radius 1 is 1.31 bits per heavy atom. The molecule has 0 radical (unpaired) electrons. The minimum Gasteiger partial charge on any atom is -0.385 e. The molecule has 2 aromatic rings. The number of pyridine rings is 1. The lowest BCUT2D eigenvalue weighted by molar-refractivity contribution is -0.0473. The van der Waals surface area contributed by atoms with Crippen LogP contribution < -0.4 is 5.32 Å². The van der Waals surface area contributed by atoms with Gasteiger partial charge < -0.3 is 15.3 Å². The summed E-state index contributed by atoms with van der Waals surface area (Å²) < 4.78 is 83.7. The van der Waals surface area contributed by atoms with Gasteiger partial charge in [-0.25, -0.2) is 22.4 Å². The zero-order valence-corrected chi connectivity index (χ0v) is 16.6. The van der Waals surface area contributed by atoms with E-state index in [1.807, 2.05) is 0 Å². The highest BCUT2D eigenvalue weighted by molar-refractivity contribution is 5.89. The van der Waals surface area contributed by atoms with E-state index in [9.17, 15) is 36.2 Å². The first kappa shape index (κ1) is 22.4. The van der Waals surface area contributed by atoms with Crippen LogP contribution in [0.15, 0.2) is 12.3 Å². The van der Waals surface area contributed by atoms with Gasteiger partial charge in [-0.3, -0.25) is 9.67 Å². The average molecular weight is 463 g/mol. The number of carbonyl (C=O) groups excluding carboxylic acids is 1. The molecule has 0 spiro atoms. The lowest BCUT2D eigenvalue weighted by Crippen LogP contribution is -2.39. The van der Waals surface area contributed by atoms with Crippen LogP contribution in [0.25, 0.3) is 0 Å². The van der Waals surface area contributed by atoms with Crippen LogP contribution in [-0.2, 0) is 25.4 Å². The van der Waals surface area contributed by atoms with Gasteiger partial charge in [-0.2, -0.15) is 13.9 Å². The van der Waals surface area contributed by atoms with Gasteiger partial charge in [-0.1, -0.05) is 0 Å². The van der Waals surface area contributed by atoms with Crippen LogP contribution in [0, 0.1) is 5.82 Å². The Bertz CT molecular complexity index is 1050. The molecular formula is C19H19F6N5O2. The number of nitrogens with one attached hydrogen (secondary N) is 1. The van der Waals surface area contributed by atoms with Gasteiger partial charge in [0.25, 0.3) is 12.3 Å². The highest BCUT2D eigenvalue weighted by Gasteiger charge is 2.47. The van der Waals surface area contributed by atoms with E-state index in [0.29, 0.717) is 5.69 Å². The molecule has 0 saturated carbocycles. The zero-order valence-electron chi connectivity index (χ0n) is 16.6. The standard InChI is InChI=1S/C19H19F6N5O2/c20-8-18(32)3-4-19(24,25)15-10-7-29(6-2-11(10)28-30(15)9-18)17(31)27-12-1-5-26-14(13(12)21)16(22)23/h1,5,16,32H,2-4,6-9H2,(H,26,27,31)/t18-/m0/s1. The predicted molar refractivity (Wildman–Crippen MR) is 98.6 cm³/mol. The highest BCUT2D eigenvalue weighted by Crippen LogP contribution is 2.42. The van der Waals surface area contributed by atoms with E-state index in [1.54, 1.807) is 0 Å². The maximum absolute atomic E-state index is 14.9. The first-order chi connectivity index (χ1) is 15.0. The van der Waals surface area contributed by atoms with E-state index in [1.165, 1.54) is 0 Å². The average Bonchev–Trinajstić information content (AvgIpc) is 3.06. The molecule has 0 unspecified atom stereocenters. The normalized spacial score (nSPS) is 22.3. The van der Waals surface area contributed by atoms with Crippen molar-refractivity contribution in [3.05, 3.63) is 40.7 Å². The first-order valence-electron chi connectivity index (χ1n) is 9.78. The van der Waals surface area contributed by atoms with E-state index in [0.717, 1.165) is 21.8 Å². The molecule has 32 heavy (non-hydrogen) atoms. The van der Waals surface area contributed by atoms with Gasteiger partial charge in [-0.15, -0.1) is 0 Å². The molecule has 2 amide bonds. The highest BCUT2D eigenvalue weighted by atomic mass is 19.3. The van der Waals surface area contributed by atoms with Crippen LogP contribution in [0.2, 0.25) is 0 Å². The molecule has 4 rings (SSSR count). The summed E-state index contributed by atoms with van der Waals surface area (Å²) in [5, 5.41) is 16.5. The van der Waals surface area contributed by atoms with Gasteiger partial charge >= 0.3 is 6.03 Å². The van der Waals surface area contributed by atoms with Crippen molar-refractivity contribution >= 4 is 11.7 Å². The molecule has 7 nitrogen and oxygen atoms in total. The third-order valence-corrected chi connectivity index (χ3v) is 5.70. The Morgan fingerprint density at radius 3 is 2.75 bits per heavy atom. The van der Waals surface area contributed by atoms with E-state index in [2.05, 4.69) is 15.4 Å². The maximum atomic E-state index is 14.9. The van der Waals surface area contributed by atoms with Crippen molar-refractivity contribution in [3.63, 3.8) is 0 Å². The summed E-state index contributed by atoms with van der Waals surface area (Å²) in [6.45, 7) is -1.91. The van der Waals surface area contributed by atoms with E-state index in [-0.39, 0.29) is 25.1 Å². The van der Waals surface area contributed by atoms with E-state index in [4.69, 9.17) is 0 Å². The number of nitrogens with zero attached hydrogens (tertiary/aromatic N) is 4. The third kappa shape index (κ3) is 3.89. The van der Waals surface area contributed by atoms with Gasteiger partial charge in [-0.05, 0) is 12.5 Å². The summed E-state index contributed by atoms with van der Waals surface area (Å²) >= 11 is 0. The second kappa shape index (κ2) is 7.94. The Labute approximate surface area is 178 Å². The van der Waals surface area contributed by atoms with Crippen molar-refractivity contribution in [2.24, 2.45) is 0 Å². The molecular weight excluding hydrogens is 444 g/mol. The molecule has 13 heteroatoms. The van der Waals surface area contributed by atoms with Crippen molar-refractivity contribution in [2.45, 2.75) is 50.3 Å². The van der Waals surface area contributed by atoms with E-state index >= 15 is 0 Å². The summed E-state index contributed by atoms with van der Waals surface area (Å²) in [4.78, 5) is 17.0. The van der Waals surface area contributed by atoms with Crippen molar-refractivity contribution in [1.29, 1.82) is 0 Å². The third-order valence-electron chi connectivity index (χ3n) is 5.70. The Kier molecular flexibility index (Phi) is 5.55. The van der Waals surface area contributed by atoms with Gasteiger partial charge in [0.15, 0.2) is 5.82 Å². The monoisotopic (exact) mass is 463 g/mol. The van der Waals surface area contributed by atoms with Gasteiger partial charge in [0, 0.05) is 31.1 Å². The summed E-state index contributed by atoms with van der Waals surface area (Å²) in [5.74, 6) is -4.80. The molecule has 4 heterocycles. The number of fused-ring (bicyclic) bond motifs is 3. The minimum atomic E-state index is -3.41. The summed E-state index contributed by atoms with van der Waals surface area (Å²) in [6.07, 6.45) is -3.44. The van der Waals surface area contributed by atoms with E-state index < -0.39 is 72.9 Å². The van der Waals surface area contributed by atoms with Crippen molar-refractivity contribution in [1.82, 2.24) is 19.7 Å². The molecule has 174 valence electrons. The number of halogens is 6. The Hall–Kier alpha value is -2.83. The lowest BCUT2D eigenvalue weighted by Gasteiger charge is -2.28. The molecule has 0 bridgehead atoms. The minimum absolute atomic E-state index is 0.0443. The number of carbonyl (C=O) groups is 1. The molecule has 2 N–H and O–H groups in total. The fourth-order valence-electron chi connectivity index (χ4n) is 4.00. The second-order valence-corrected chi connectivity index (χ2v) is 7.95. The number of hydrogen-bond donors (Lipinski definition) is 2. The number of alkyl halides is 5. The summed E-state index contributed by atoms with van der Waals surface area (Å²) in [7, 11) is 0. The summed E-state index contributed by atoms with van der Waals surface area (Å²) in [6, 6.07) is 0.130. The number of aromatic nitrogens is 3. The van der Waals surface area contributed by atoms with Crippen molar-refractivity contribution in [2.75, 3.05) is 18.5 Å². The predicted octanol–water partition coefficient (Wildman–Crippen LogP) is 3.53. The molecule has 0 fully saturated rings. The molecule has 1 atom stereocenters. The summed E-state index contributed by atoms with van der Waals surface area (Å²) in [5.41, 5.74) is -3.74. The lowest BCUT2D eigenvalue weighted by atomic mass is 9.96. The first-order valence-corrected chi connectivity index (χ1v) is 9.78. The molecule has 2 aromatic heterocycles. The Balaban J connectivity index is 1.60. The fourth-order valence-corrected chi connectivity index (χ4v) is 4.00. The van der Waals surface area contributed by atoms with Gasteiger partial charge in [0.05, 0.1) is 24.5 Å². The van der Waals surface area contributed by atoms with Crippen molar-refractivity contribution < 1.29 is 36.2 Å². The number of urea groups is 1. The van der Waals surface area contributed by atoms with Crippen LogP contribution >= 0.6 is 0 Å². The smallest absolute Gasteiger partial charge is 0.322 e. The second-order valence-electron chi connectivity index (χ2n) is 7.95. The topological polar surface area (TPSA) is 83.3 Å². The number of anilines is 1. The van der Waals surface area contributed by atoms with Crippen LogP contribution in [0.1, 0.15) is 41.9 Å². The van der Waals surface area contributed by atoms with Crippen molar-refractivity contribution in [3.8, 4) is 0 Å². The van der Waals surface area contributed by atoms with Crippen LogP contribution in [0.3, 0.4) is 0 Å². The molecule has 0 aromatic carbocycles. The van der Waals surface area contributed by atoms with Gasteiger partial charge in [0.1, 0.15) is 23.7 Å². The maximum Gasteiger partial charge on any atom is 0.322 e. The van der Waals surface area contributed by atoms with Crippen LogP contribution in [0.5, 0.6) is 0 Å². The fraction of sp³-hybridized carbons (Fsp3) is 0.526. The number of hydrogen-bond acceptors (Lipinski definition) is 4. The number of aliphatic hydroxyl groups is 1. The number of rotatable bonds is 3.